The number of aromatic nitrogens is 2. The molecule has 132 valence electrons. The minimum atomic E-state index is 0.0266. The zero-order valence-corrected chi connectivity index (χ0v) is 15.4. The van der Waals surface area contributed by atoms with E-state index in [1.54, 1.807) is 29.2 Å². The van der Waals surface area contributed by atoms with Gasteiger partial charge in [0, 0.05) is 27.7 Å². The number of hydrogen-bond donors (Lipinski definition) is 1. The summed E-state index contributed by atoms with van der Waals surface area (Å²) in [5.74, 6) is 0.376. The molecular weight excluding hydrogens is 369 g/mol. The number of benzene rings is 2. The zero-order valence-electron chi connectivity index (χ0n) is 13.9. The highest BCUT2D eigenvalue weighted by molar-refractivity contribution is 6.35. The molecule has 2 atom stereocenters. The molecule has 2 aromatic carbocycles. The number of amides is 1. The van der Waals surface area contributed by atoms with Gasteiger partial charge in [-0.3, -0.25) is 9.48 Å². The van der Waals surface area contributed by atoms with Gasteiger partial charge >= 0.3 is 0 Å². The highest BCUT2D eigenvalue weighted by Gasteiger charge is 2.43. The third kappa shape index (κ3) is 3.62. The Balaban J connectivity index is 1.39. The summed E-state index contributed by atoms with van der Waals surface area (Å²) >= 11 is 12.4. The first-order valence-corrected chi connectivity index (χ1v) is 9.18. The molecule has 1 N–H and O–H groups in total. The van der Waals surface area contributed by atoms with E-state index in [1.807, 2.05) is 24.3 Å². The van der Waals surface area contributed by atoms with Crippen LogP contribution in [0.4, 0.5) is 5.69 Å². The highest BCUT2D eigenvalue weighted by Crippen LogP contribution is 2.47. The first-order chi connectivity index (χ1) is 12.6. The molecule has 6 heteroatoms. The van der Waals surface area contributed by atoms with Gasteiger partial charge in [-0.1, -0.05) is 59.6 Å². The van der Waals surface area contributed by atoms with Gasteiger partial charge in [-0.05, 0) is 30.0 Å². The van der Waals surface area contributed by atoms with Gasteiger partial charge in [0.15, 0.2) is 0 Å². The molecule has 0 saturated heterocycles. The third-order valence-electron chi connectivity index (χ3n) is 4.64. The predicted octanol–water partition coefficient (Wildman–Crippen LogP) is 4.98. The molecule has 26 heavy (non-hydrogen) atoms. The molecule has 0 aliphatic heterocycles. The standard InChI is InChI=1S/C20H17Cl2N3O/c21-18-7-4-8-19(22)17(18)12-25-11-14(10-23-25)24-20(26)16-9-15(16)13-5-2-1-3-6-13/h1-8,10-11,15-16H,9,12H2,(H,24,26)/t15-,16-/m1/s1. The SMILES string of the molecule is O=C(Nc1cnn(Cc2c(Cl)cccc2Cl)c1)[C@@H]1C[C@@H]1c1ccccc1. The van der Waals surface area contributed by atoms with E-state index in [9.17, 15) is 4.79 Å². The Morgan fingerprint density at radius 2 is 1.85 bits per heavy atom. The van der Waals surface area contributed by atoms with Crippen molar-refractivity contribution in [1.29, 1.82) is 0 Å². The van der Waals surface area contributed by atoms with Crippen molar-refractivity contribution in [2.45, 2.75) is 18.9 Å². The molecule has 4 nitrogen and oxygen atoms in total. The van der Waals surface area contributed by atoms with Crippen LogP contribution in [-0.2, 0) is 11.3 Å². The van der Waals surface area contributed by atoms with Gasteiger partial charge in [-0.25, -0.2) is 0 Å². The molecule has 0 radical (unpaired) electrons. The Kier molecular flexibility index (Phi) is 4.70. The summed E-state index contributed by atoms with van der Waals surface area (Å²) in [6, 6.07) is 15.5. The first-order valence-electron chi connectivity index (χ1n) is 8.43. The largest absolute Gasteiger partial charge is 0.323 e. The Hall–Kier alpha value is -2.30. The summed E-state index contributed by atoms with van der Waals surface area (Å²) in [5, 5.41) is 8.44. The van der Waals surface area contributed by atoms with Gasteiger partial charge in [0.05, 0.1) is 18.4 Å². The monoisotopic (exact) mass is 385 g/mol. The number of carbonyl (C=O) groups is 1. The van der Waals surface area contributed by atoms with Crippen LogP contribution in [0.2, 0.25) is 10.0 Å². The van der Waals surface area contributed by atoms with Crippen LogP contribution in [0, 0.1) is 5.92 Å². The van der Waals surface area contributed by atoms with Crippen LogP contribution in [-0.4, -0.2) is 15.7 Å². The summed E-state index contributed by atoms with van der Waals surface area (Å²) in [6.07, 6.45) is 4.32. The van der Waals surface area contributed by atoms with Crippen LogP contribution in [0.25, 0.3) is 0 Å². The molecule has 0 unspecified atom stereocenters. The van der Waals surface area contributed by atoms with E-state index in [0.717, 1.165) is 12.0 Å². The van der Waals surface area contributed by atoms with Crippen molar-refractivity contribution in [3.8, 4) is 0 Å². The zero-order chi connectivity index (χ0) is 18.1. The van der Waals surface area contributed by atoms with Gasteiger partial charge in [-0.2, -0.15) is 5.10 Å². The maximum absolute atomic E-state index is 12.4. The second-order valence-corrected chi connectivity index (χ2v) is 7.29. The fourth-order valence-corrected chi connectivity index (χ4v) is 3.67. The van der Waals surface area contributed by atoms with E-state index < -0.39 is 0 Å². The molecule has 1 heterocycles. The number of carbonyl (C=O) groups excluding carboxylic acids is 1. The van der Waals surface area contributed by atoms with Crippen LogP contribution < -0.4 is 5.32 Å². The molecule has 4 rings (SSSR count). The van der Waals surface area contributed by atoms with Crippen LogP contribution in [0.15, 0.2) is 60.9 Å². The number of rotatable bonds is 5. The van der Waals surface area contributed by atoms with E-state index >= 15 is 0 Å². The molecule has 3 aromatic rings. The maximum atomic E-state index is 12.4. The molecule has 1 aliphatic rings. The lowest BCUT2D eigenvalue weighted by Gasteiger charge is -2.06. The Labute approximate surface area is 161 Å². The van der Waals surface area contributed by atoms with E-state index in [0.29, 0.717) is 28.2 Å². The van der Waals surface area contributed by atoms with E-state index in [-0.39, 0.29) is 11.8 Å². The van der Waals surface area contributed by atoms with Gasteiger partial charge in [0.1, 0.15) is 0 Å². The van der Waals surface area contributed by atoms with Gasteiger partial charge in [0.2, 0.25) is 5.91 Å². The number of anilines is 1. The Morgan fingerprint density at radius 3 is 2.58 bits per heavy atom. The first kappa shape index (κ1) is 17.1. The lowest BCUT2D eigenvalue weighted by molar-refractivity contribution is -0.117. The van der Waals surface area contributed by atoms with Crippen molar-refractivity contribution in [1.82, 2.24) is 9.78 Å². The fourth-order valence-electron chi connectivity index (χ4n) is 3.15. The van der Waals surface area contributed by atoms with Crippen molar-refractivity contribution in [3.63, 3.8) is 0 Å². The lowest BCUT2D eigenvalue weighted by Crippen LogP contribution is -2.14. The Morgan fingerprint density at radius 1 is 1.12 bits per heavy atom. The molecule has 0 bridgehead atoms. The molecule has 0 spiro atoms. The second kappa shape index (κ2) is 7.14. The Bertz CT molecular complexity index is 919. The van der Waals surface area contributed by atoms with Crippen molar-refractivity contribution >= 4 is 34.8 Å². The summed E-state index contributed by atoms with van der Waals surface area (Å²) in [5.41, 5.74) is 2.71. The average Bonchev–Trinajstić information content (AvgIpc) is 3.33. The molecule has 1 fully saturated rings. The summed E-state index contributed by atoms with van der Waals surface area (Å²) in [4.78, 5) is 12.4. The molecule has 1 aliphatic carbocycles. The van der Waals surface area contributed by atoms with Crippen molar-refractivity contribution in [2.24, 2.45) is 5.92 Å². The van der Waals surface area contributed by atoms with Crippen molar-refractivity contribution in [2.75, 3.05) is 5.32 Å². The second-order valence-electron chi connectivity index (χ2n) is 6.48. The van der Waals surface area contributed by atoms with E-state index in [4.69, 9.17) is 23.2 Å². The van der Waals surface area contributed by atoms with Crippen LogP contribution in [0.3, 0.4) is 0 Å². The molecule has 1 amide bonds. The van der Waals surface area contributed by atoms with Crippen molar-refractivity contribution in [3.05, 3.63) is 82.1 Å². The molecule has 1 aromatic heterocycles. The van der Waals surface area contributed by atoms with Gasteiger partial charge < -0.3 is 5.32 Å². The minimum Gasteiger partial charge on any atom is -0.323 e. The quantitative estimate of drug-likeness (QED) is 0.672. The lowest BCUT2D eigenvalue weighted by atomic mass is 10.1. The van der Waals surface area contributed by atoms with Gasteiger partial charge in [0.25, 0.3) is 0 Å². The highest BCUT2D eigenvalue weighted by atomic mass is 35.5. The van der Waals surface area contributed by atoms with Gasteiger partial charge in [-0.15, -0.1) is 0 Å². The number of halogens is 2. The molecular formula is C20H17Cl2N3O. The van der Waals surface area contributed by atoms with Crippen LogP contribution in [0.5, 0.6) is 0 Å². The normalized spacial score (nSPS) is 18.5. The van der Waals surface area contributed by atoms with Crippen LogP contribution >= 0.6 is 23.2 Å². The number of nitrogens with zero attached hydrogens (tertiary/aromatic N) is 2. The van der Waals surface area contributed by atoms with Crippen LogP contribution in [0.1, 0.15) is 23.5 Å². The van der Waals surface area contributed by atoms with Crippen molar-refractivity contribution < 1.29 is 4.79 Å². The summed E-state index contributed by atoms with van der Waals surface area (Å²) in [6.45, 7) is 0.449. The smallest absolute Gasteiger partial charge is 0.228 e. The third-order valence-corrected chi connectivity index (χ3v) is 5.35. The minimum absolute atomic E-state index is 0.0266. The van der Waals surface area contributed by atoms with E-state index in [1.165, 1.54) is 5.56 Å². The predicted molar refractivity (Wildman–Crippen MR) is 104 cm³/mol. The average molecular weight is 386 g/mol. The summed E-state index contributed by atoms with van der Waals surface area (Å²) in [7, 11) is 0. The maximum Gasteiger partial charge on any atom is 0.228 e. The van der Waals surface area contributed by atoms with E-state index in [2.05, 4.69) is 22.5 Å². The fraction of sp³-hybridized carbons (Fsp3) is 0.200. The number of hydrogen-bond acceptors (Lipinski definition) is 2. The topological polar surface area (TPSA) is 46.9 Å². The number of nitrogens with one attached hydrogen (secondary N) is 1. The summed E-state index contributed by atoms with van der Waals surface area (Å²) < 4.78 is 1.71. The molecule has 1 saturated carbocycles.